The first-order valence-corrected chi connectivity index (χ1v) is 7.01. The van der Waals surface area contributed by atoms with Gasteiger partial charge in [-0.2, -0.15) is 0 Å². The molecule has 1 heterocycles. The van der Waals surface area contributed by atoms with E-state index in [0.717, 1.165) is 23.4 Å². The normalized spacial score (nSPS) is 26.1. The number of nitrogens with zero attached hydrogens (tertiary/aromatic N) is 1. The van der Waals surface area contributed by atoms with E-state index >= 15 is 0 Å². The van der Waals surface area contributed by atoms with Crippen molar-refractivity contribution in [1.82, 2.24) is 4.90 Å². The molecule has 1 aromatic rings. The fourth-order valence-corrected chi connectivity index (χ4v) is 3.43. The maximum Gasteiger partial charge on any atom is 0.0562 e. The molecule has 0 aliphatic heterocycles. The summed E-state index contributed by atoms with van der Waals surface area (Å²) in [4.78, 5) is 3.65. The zero-order valence-electron chi connectivity index (χ0n) is 9.82. The maximum atomic E-state index is 5.96. The average molecular weight is 259 g/mol. The quantitative estimate of drug-likeness (QED) is 0.880. The predicted octanol–water partition coefficient (Wildman–Crippen LogP) is 2.99. The Morgan fingerprint density at radius 2 is 2.38 bits per heavy atom. The van der Waals surface area contributed by atoms with Crippen LogP contribution in [0.2, 0.25) is 5.02 Å². The largest absolute Gasteiger partial charge is 0.329 e. The first-order chi connectivity index (χ1) is 7.61. The van der Waals surface area contributed by atoms with Crippen molar-refractivity contribution in [2.24, 2.45) is 17.6 Å². The van der Waals surface area contributed by atoms with Gasteiger partial charge >= 0.3 is 0 Å². The van der Waals surface area contributed by atoms with Gasteiger partial charge in [0.1, 0.15) is 0 Å². The minimum Gasteiger partial charge on any atom is -0.329 e. The van der Waals surface area contributed by atoms with Gasteiger partial charge in [-0.25, -0.2) is 0 Å². The number of hydrogen-bond donors (Lipinski definition) is 1. The molecular weight excluding hydrogens is 240 g/mol. The van der Waals surface area contributed by atoms with Crippen LogP contribution in [0.3, 0.4) is 0 Å². The van der Waals surface area contributed by atoms with Crippen LogP contribution in [0.15, 0.2) is 11.4 Å². The third-order valence-electron chi connectivity index (χ3n) is 3.47. The Bertz CT molecular complexity index is 353. The molecule has 1 saturated carbocycles. The van der Waals surface area contributed by atoms with Crippen LogP contribution in [-0.4, -0.2) is 25.0 Å². The van der Waals surface area contributed by atoms with Crippen molar-refractivity contribution in [3.05, 3.63) is 21.3 Å². The second-order valence-electron chi connectivity index (χ2n) is 4.83. The standard InChI is InChI=1S/C12H19ClN2S/c1-8-3-9(8)6-15(2)11(5-14)12-4-10(13)7-16-12/h4,7-9,11H,3,5-6,14H2,1-2H3. The molecule has 0 spiro atoms. The SMILES string of the molecule is CC1CC1CN(C)C(CN)c1cc(Cl)cs1. The molecule has 0 saturated heterocycles. The van der Waals surface area contributed by atoms with E-state index in [1.54, 1.807) is 11.3 Å². The van der Waals surface area contributed by atoms with Gasteiger partial charge in [-0.05, 0) is 31.4 Å². The molecule has 0 radical (unpaired) electrons. The molecule has 2 rings (SSSR count). The minimum atomic E-state index is 0.324. The molecule has 2 N–H and O–H groups in total. The van der Waals surface area contributed by atoms with Crippen molar-refractivity contribution in [1.29, 1.82) is 0 Å². The molecule has 3 unspecified atom stereocenters. The zero-order valence-corrected chi connectivity index (χ0v) is 11.4. The molecule has 2 nitrogen and oxygen atoms in total. The van der Waals surface area contributed by atoms with Gasteiger partial charge in [0.2, 0.25) is 0 Å². The van der Waals surface area contributed by atoms with Gasteiger partial charge in [0.15, 0.2) is 0 Å². The number of hydrogen-bond acceptors (Lipinski definition) is 3. The lowest BCUT2D eigenvalue weighted by atomic mass is 10.2. The van der Waals surface area contributed by atoms with E-state index < -0.39 is 0 Å². The van der Waals surface area contributed by atoms with Crippen LogP contribution in [0.1, 0.15) is 24.3 Å². The molecule has 1 aliphatic carbocycles. The second kappa shape index (κ2) is 5.05. The summed E-state index contributed by atoms with van der Waals surface area (Å²) in [5, 5.41) is 2.80. The first-order valence-electron chi connectivity index (χ1n) is 5.76. The highest BCUT2D eigenvalue weighted by molar-refractivity contribution is 7.10. The molecule has 0 aromatic carbocycles. The lowest BCUT2D eigenvalue weighted by molar-refractivity contribution is 0.240. The van der Waals surface area contributed by atoms with Crippen molar-refractivity contribution >= 4 is 22.9 Å². The lowest BCUT2D eigenvalue weighted by Gasteiger charge is -2.26. The fourth-order valence-electron chi connectivity index (χ4n) is 2.17. The van der Waals surface area contributed by atoms with Gasteiger partial charge in [0.25, 0.3) is 0 Å². The number of rotatable bonds is 5. The number of likely N-dealkylation sites (N-methyl/N-ethyl adjacent to an activating group) is 1. The van der Waals surface area contributed by atoms with E-state index in [1.165, 1.54) is 11.3 Å². The summed E-state index contributed by atoms with van der Waals surface area (Å²) in [6, 6.07) is 2.36. The van der Waals surface area contributed by atoms with E-state index in [-0.39, 0.29) is 0 Å². The molecule has 0 amide bonds. The highest BCUT2D eigenvalue weighted by Gasteiger charge is 2.34. The van der Waals surface area contributed by atoms with Crippen molar-refractivity contribution in [3.63, 3.8) is 0 Å². The summed E-state index contributed by atoms with van der Waals surface area (Å²) in [5.74, 6) is 1.77. The van der Waals surface area contributed by atoms with Gasteiger partial charge < -0.3 is 5.73 Å². The Balaban J connectivity index is 1.98. The van der Waals surface area contributed by atoms with E-state index in [2.05, 4.69) is 18.9 Å². The van der Waals surface area contributed by atoms with Crippen LogP contribution in [0.25, 0.3) is 0 Å². The third-order valence-corrected chi connectivity index (χ3v) is 4.85. The van der Waals surface area contributed by atoms with Gasteiger partial charge in [-0.3, -0.25) is 4.90 Å². The highest BCUT2D eigenvalue weighted by Crippen LogP contribution is 2.39. The lowest BCUT2D eigenvalue weighted by Crippen LogP contribution is -2.31. The Labute approximate surface area is 106 Å². The van der Waals surface area contributed by atoms with Gasteiger partial charge in [-0.1, -0.05) is 18.5 Å². The second-order valence-corrected chi connectivity index (χ2v) is 6.21. The molecule has 16 heavy (non-hydrogen) atoms. The highest BCUT2D eigenvalue weighted by atomic mass is 35.5. The Kier molecular flexibility index (Phi) is 3.90. The molecule has 90 valence electrons. The number of halogens is 1. The van der Waals surface area contributed by atoms with E-state index in [1.807, 2.05) is 11.4 Å². The predicted molar refractivity (Wildman–Crippen MR) is 71.0 cm³/mol. The Morgan fingerprint density at radius 1 is 1.69 bits per heavy atom. The van der Waals surface area contributed by atoms with E-state index in [4.69, 9.17) is 17.3 Å². The van der Waals surface area contributed by atoms with Crippen molar-refractivity contribution in [2.75, 3.05) is 20.1 Å². The van der Waals surface area contributed by atoms with Gasteiger partial charge in [0, 0.05) is 23.3 Å². The monoisotopic (exact) mass is 258 g/mol. The summed E-state index contributed by atoms with van der Waals surface area (Å²) in [6.07, 6.45) is 1.37. The van der Waals surface area contributed by atoms with Crippen molar-refractivity contribution < 1.29 is 0 Å². The van der Waals surface area contributed by atoms with Crippen LogP contribution in [0.4, 0.5) is 0 Å². The molecule has 1 aliphatic rings. The molecular formula is C12H19ClN2S. The van der Waals surface area contributed by atoms with Crippen LogP contribution in [0.5, 0.6) is 0 Å². The van der Waals surface area contributed by atoms with Gasteiger partial charge in [0.05, 0.1) is 11.1 Å². The van der Waals surface area contributed by atoms with Crippen LogP contribution < -0.4 is 5.73 Å². The number of thiophene rings is 1. The van der Waals surface area contributed by atoms with Crippen molar-refractivity contribution in [2.45, 2.75) is 19.4 Å². The summed E-state index contributed by atoms with van der Waals surface area (Å²) in [5.41, 5.74) is 5.87. The summed E-state index contributed by atoms with van der Waals surface area (Å²) < 4.78 is 0. The van der Waals surface area contributed by atoms with Crippen LogP contribution in [-0.2, 0) is 0 Å². The van der Waals surface area contributed by atoms with Crippen LogP contribution in [0, 0.1) is 11.8 Å². The van der Waals surface area contributed by atoms with E-state index in [9.17, 15) is 0 Å². The molecule has 0 bridgehead atoms. The zero-order chi connectivity index (χ0) is 11.7. The van der Waals surface area contributed by atoms with Crippen LogP contribution >= 0.6 is 22.9 Å². The van der Waals surface area contributed by atoms with Crippen molar-refractivity contribution in [3.8, 4) is 0 Å². The minimum absolute atomic E-state index is 0.324. The Morgan fingerprint density at radius 3 is 2.81 bits per heavy atom. The first kappa shape index (κ1) is 12.4. The summed E-state index contributed by atoms with van der Waals surface area (Å²) >= 11 is 7.66. The number of nitrogens with two attached hydrogens (primary N) is 1. The molecule has 1 aromatic heterocycles. The summed E-state index contributed by atoms with van der Waals surface area (Å²) in [6.45, 7) is 4.13. The molecule has 3 atom stereocenters. The fraction of sp³-hybridized carbons (Fsp3) is 0.667. The summed E-state index contributed by atoms with van der Waals surface area (Å²) in [7, 11) is 2.16. The Hall–Kier alpha value is -0.0900. The topological polar surface area (TPSA) is 29.3 Å². The molecule has 4 heteroatoms. The average Bonchev–Trinajstić information content (AvgIpc) is 2.74. The van der Waals surface area contributed by atoms with E-state index in [0.29, 0.717) is 12.6 Å². The third kappa shape index (κ3) is 2.77. The maximum absolute atomic E-state index is 5.96. The van der Waals surface area contributed by atoms with Gasteiger partial charge in [-0.15, -0.1) is 11.3 Å². The molecule has 1 fully saturated rings. The smallest absolute Gasteiger partial charge is 0.0562 e.